The number of hydrogen-bond donors (Lipinski definition) is 1. The van der Waals surface area contributed by atoms with Crippen LogP contribution in [0, 0.1) is 10.1 Å². The van der Waals surface area contributed by atoms with Crippen LogP contribution in [0.2, 0.25) is 0 Å². The summed E-state index contributed by atoms with van der Waals surface area (Å²) >= 11 is 0. The van der Waals surface area contributed by atoms with Crippen LogP contribution in [0.15, 0.2) is 73.1 Å². The second kappa shape index (κ2) is 10.0. The molecule has 1 unspecified atom stereocenters. The first-order valence-electron chi connectivity index (χ1n) is 10.6. The molecule has 3 aromatic rings. The summed E-state index contributed by atoms with van der Waals surface area (Å²) in [6.45, 7) is 0. The Labute approximate surface area is 204 Å². The molecule has 2 heterocycles. The van der Waals surface area contributed by atoms with Gasteiger partial charge < -0.3 is 4.74 Å². The average molecular weight is 489 g/mol. The van der Waals surface area contributed by atoms with E-state index < -0.39 is 41.0 Å². The number of benzene rings is 2. The number of nitro groups is 1. The summed E-state index contributed by atoms with van der Waals surface area (Å²) in [5.41, 5.74) is 2.49. The molecule has 1 fully saturated rings. The number of nitro benzene ring substituents is 1. The minimum atomic E-state index is -1.38. The van der Waals surface area contributed by atoms with Crippen molar-refractivity contribution in [3.05, 3.63) is 94.3 Å². The Morgan fingerprint density at radius 2 is 1.78 bits per heavy atom. The zero-order valence-corrected chi connectivity index (χ0v) is 18.9. The summed E-state index contributed by atoms with van der Waals surface area (Å²) in [6, 6.07) is 12.8. The van der Waals surface area contributed by atoms with Crippen LogP contribution in [-0.4, -0.2) is 51.7 Å². The van der Waals surface area contributed by atoms with Crippen molar-refractivity contribution in [1.29, 1.82) is 0 Å². The number of non-ortho nitro benzene ring substituents is 1. The molecule has 12 heteroatoms. The van der Waals surface area contributed by atoms with Crippen LogP contribution in [-0.2, 0) is 9.59 Å². The second-order valence-corrected chi connectivity index (χ2v) is 7.62. The Morgan fingerprint density at radius 1 is 1.08 bits per heavy atom. The minimum absolute atomic E-state index is 0.0202. The Morgan fingerprint density at radius 3 is 2.42 bits per heavy atom. The van der Waals surface area contributed by atoms with Crippen LogP contribution < -0.4 is 15.1 Å². The molecule has 1 saturated heterocycles. The van der Waals surface area contributed by atoms with Gasteiger partial charge >= 0.3 is 0 Å². The van der Waals surface area contributed by atoms with Crippen LogP contribution in [0.5, 0.6) is 5.75 Å². The SMILES string of the molecule is COc1cc([N+](=O)[O-])ccc1N1C(=O)CC(N(NC(=O)c2ccncc2)C(=O)c2ccccc2)C1=O. The van der Waals surface area contributed by atoms with Crippen molar-refractivity contribution in [1.82, 2.24) is 15.4 Å². The van der Waals surface area contributed by atoms with Gasteiger partial charge in [-0.25, -0.2) is 9.91 Å². The fraction of sp³-hybridized carbons (Fsp3) is 0.125. The van der Waals surface area contributed by atoms with Gasteiger partial charge in [-0.15, -0.1) is 0 Å². The van der Waals surface area contributed by atoms with E-state index in [0.29, 0.717) is 0 Å². The molecule has 2 aromatic carbocycles. The quantitative estimate of drug-likeness (QED) is 0.314. The number of methoxy groups -OCH3 is 1. The highest BCUT2D eigenvalue weighted by atomic mass is 16.6. The maximum Gasteiger partial charge on any atom is 0.273 e. The van der Waals surface area contributed by atoms with Gasteiger partial charge in [-0.05, 0) is 30.3 Å². The van der Waals surface area contributed by atoms with E-state index in [0.717, 1.165) is 22.0 Å². The lowest BCUT2D eigenvalue weighted by Crippen LogP contribution is -2.54. The first-order valence-corrected chi connectivity index (χ1v) is 10.6. The third-order valence-corrected chi connectivity index (χ3v) is 5.45. The average Bonchev–Trinajstić information content (AvgIpc) is 3.20. The predicted molar refractivity (Wildman–Crippen MR) is 125 cm³/mol. The Hall–Kier alpha value is -5.13. The zero-order chi connectivity index (χ0) is 25.8. The first kappa shape index (κ1) is 24.0. The largest absolute Gasteiger partial charge is 0.494 e. The molecule has 1 N–H and O–H groups in total. The first-order chi connectivity index (χ1) is 17.3. The Bertz CT molecular complexity index is 1350. The lowest BCUT2D eigenvalue weighted by Gasteiger charge is -2.28. The summed E-state index contributed by atoms with van der Waals surface area (Å²) in [5.74, 6) is -2.96. The number of rotatable bonds is 6. The fourth-order valence-electron chi connectivity index (χ4n) is 3.70. The summed E-state index contributed by atoms with van der Waals surface area (Å²) in [7, 11) is 1.24. The van der Waals surface area contributed by atoms with E-state index in [2.05, 4.69) is 10.4 Å². The number of nitrogens with zero attached hydrogens (tertiary/aromatic N) is 4. The van der Waals surface area contributed by atoms with E-state index in [4.69, 9.17) is 4.74 Å². The third kappa shape index (κ3) is 4.59. The molecule has 0 radical (unpaired) electrons. The van der Waals surface area contributed by atoms with Gasteiger partial charge in [0.25, 0.3) is 23.4 Å². The van der Waals surface area contributed by atoms with Crippen molar-refractivity contribution in [2.75, 3.05) is 12.0 Å². The van der Waals surface area contributed by atoms with Gasteiger partial charge in [0.2, 0.25) is 5.91 Å². The number of carbonyl (C=O) groups is 4. The molecule has 1 aromatic heterocycles. The third-order valence-electron chi connectivity index (χ3n) is 5.45. The number of imide groups is 1. The molecule has 1 aliphatic rings. The van der Waals surface area contributed by atoms with Gasteiger partial charge in [0, 0.05) is 29.6 Å². The molecule has 1 atom stereocenters. The molecule has 182 valence electrons. The standard InChI is InChI=1S/C24H19N5O7/c1-36-20-13-17(29(34)35)7-8-18(20)27-21(30)14-19(24(27)33)28(23(32)16-5-3-2-4-6-16)26-22(31)15-9-11-25-12-10-15/h2-13,19H,14H2,1H3,(H,26,31). The summed E-state index contributed by atoms with van der Waals surface area (Å²) in [5, 5.41) is 11.9. The summed E-state index contributed by atoms with van der Waals surface area (Å²) in [6.07, 6.45) is 2.35. The second-order valence-electron chi connectivity index (χ2n) is 7.62. The Balaban J connectivity index is 1.70. The number of hydrazine groups is 1. The number of anilines is 1. The van der Waals surface area contributed by atoms with E-state index in [1.165, 1.54) is 49.8 Å². The van der Waals surface area contributed by atoms with Gasteiger partial charge in [-0.2, -0.15) is 0 Å². The van der Waals surface area contributed by atoms with Gasteiger partial charge in [-0.3, -0.25) is 39.7 Å². The number of ether oxygens (including phenoxy) is 1. The monoisotopic (exact) mass is 489 g/mol. The summed E-state index contributed by atoms with van der Waals surface area (Å²) < 4.78 is 5.17. The fourth-order valence-corrected chi connectivity index (χ4v) is 3.70. The number of amides is 4. The lowest BCUT2D eigenvalue weighted by atomic mass is 10.1. The van der Waals surface area contributed by atoms with Crippen molar-refractivity contribution in [3.8, 4) is 5.75 Å². The highest BCUT2D eigenvalue weighted by Gasteiger charge is 2.46. The normalized spacial score (nSPS) is 14.9. The van der Waals surface area contributed by atoms with Crippen molar-refractivity contribution in [2.24, 2.45) is 0 Å². The molecule has 36 heavy (non-hydrogen) atoms. The molecular weight excluding hydrogens is 470 g/mol. The maximum atomic E-state index is 13.5. The number of pyridine rings is 1. The van der Waals surface area contributed by atoms with E-state index in [9.17, 15) is 29.3 Å². The number of nitrogens with one attached hydrogen (secondary N) is 1. The number of aromatic nitrogens is 1. The van der Waals surface area contributed by atoms with E-state index in [1.807, 2.05) is 0 Å². The van der Waals surface area contributed by atoms with Crippen LogP contribution in [0.25, 0.3) is 0 Å². The zero-order valence-electron chi connectivity index (χ0n) is 18.9. The number of hydrogen-bond acceptors (Lipinski definition) is 8. The molecule has 4 rings (SSSR count). The van der Waals surface area contributed by atoms with E-state index in [1.54, 1.807) is 18.2 Å². The van der Waals surface area contributed by atoms with Crippen molar-refractivity contribution in [3.63, 3.8) is 0 Å². The van der Waals surface area contributed by atoms with Crippen LogP contribution >= 0.6 is 0 Å². The number of carbonyl (C=O) groups excluding carboxylic acids is 4. The van der Waals surface area contributed by atoms with Gasteiger partial charge in [0.05, 0.1) is 30.2 Å². The van der Waals surface area contributed by atoms with Crippen LogP contribution in [0.4, 0.5) is 11.4 Å². The smallest absolute Gasteiger partial charge is 0.273 e. The lowest BCUT2D eigenvalue weighted by molar-refractivity contribution is -0.384. The molecule has 0 spiro atoms. The minimum Gasteiger partial charge on any atom is -0.494 e. The van der Waals surface area contributed by atoms with Crippen molar-refractivity contribution in [2.45, 2.75) is 12.5 Å². The highest BCUT2D eigenvalue weighted by molar-refractivity contribution is 6.24. The van der Waals surface area contributed by atoms with E-state index >= 15 is 0 Å². The molecule has 1 aliphatic heterocycles. The molecule has 12 nitrogen and oxygen atoms in total. The Kier molecular flexibility index (Phi) is 6.68. The van der Waals surface area contributed by atoms with Gasteiger partial charge in [0.1, 0.15) is 11.8 Å². The highest BCUT2D eigenvalue weighted by Crippen LogP contribution is 2.36. The predicted octanol–water partition coefficient (Wildman–Crippen LogP) is 2.12. The topological polar surface area (TPSA) is 152 Å². The molecule has 0 aliphatic carbocycles. The molecule has 0 bridgehead atoms. The van der Waals surface area contributed by atoms with Crippen LogP contribution in [0.3, 0.4) is 0 Å². The maximum absolute atomic E-state index is 13.5. The molecular formula is C24H19N5O7. The van der Waals surface area contributed by atoms with E-state index in [-0.39, 0.29) is 28.3 Å². The molecule has 4 amide bonds. The summed E-state index contributed by atoms with van der Waals surface area (Å²) in [4.78, 5) is 67.7. The molecule has 0 saturated carbocycles. The van der Waals surface area contributed by atoms with Crippen molar-refractivity contribution < 1.29 is 28.8 Å². The van der Waals surface area contributed by atoms with Gasteiger partial charge in [-0.1, -0.05) is 18.2 Å². The van der Waals surface area contributed by atoms with Crippen molar-refractivity contribution >= 4 is 35.0 Å². The van der Waals surface area contributed by atoms with Gasteiger partial charge in [0.15, 0.2) is 0 Å². The van der Waals surface area contributed by atoms with Crippen LogP contribution in [0.1, 0.15) is 27.1 Å².